The lowest BCUT2D eigenvalue weighted by Crippen LogP contribution is -2.09. The van der Waals surface area contributed by atoms with E-state index < -0.39 is 0 Å². The number of rotatable bonds is 9. The highest BCUT2D eigenvalue weighted by molar-refractivity contribution is 5.73. The first-order chi connectivity index (χ1) is 15.0. The molecule has 0 atom stereocenters. The third-order valence-electron chi connectivity index (χ3n) is 4.94. The van der Waals surface area contributed by atoms with Crippen molar-refractivity contribution in [3.63, 3.8) is 0 Å². The van der Waals surface area contributed by atoms with Gasteiger partial charge in [0, 0.05) is 6.42 Å². The molecule has 0 saturated heterocycles. The van der Waals surface area contributed by atoms with Crippen LogP contribution in [0.3, 0.4) is 0 Å². The minimum Gasteiger partial charge on any atom is -0.494 e. The number of nitrogens with zero attached hydrogens (tertiary/aromatic N) is 1. The van der Waals surface area contributed by atoms with Crippen LogP contribution in [0.5, 0.6) is 11.5 Å². The summed E-state index contributed by atoms with van der Waals surface area (Å²) in [7, 11) is 0. The Labute approximate surface area is 184 Å². The minimum atomic E-state index is -0.261. The fourth-order valence-electron chi connectivity index (χ4n) is 3.05. The Morgan fingerprint density at radius 1 is 0.871 bits per heavy atom. The molecule has 0 aliphatic heterocycles. The van der Waals surface area contributed by atoms with Gasteiger partial charge in [0.2, 0.25) is 0 Å². The Hall–Kier alpha value is -3.58. The van der Waals surface area contributed by atoms with E-state index in [1.165, 1.54) is 0 Å². The second kappa shape index (κ2) is 11.0. The normalized spacial score (nSPS) is 10.5. The van der Waals surface area contributed by atoms with Gasteiger partial charge in [0.05, 0.1) is 18.2 Å². The van der Waals surface area contributed by atoms with Crippen molar-refractivity contribution in [3.05, 3.63) is 83.9 Å². The summed E-state index contributed by atoms with van der Waals surface area (Å²) in [4.78, 5) is 12.2. The van der Waals surface area contributed by atoms with Gasteiger partial charge in [-0.1, -0.05) is 50.2 Å². The van der Waals surface area contributed by atoms with Crippen LogP contribution in [0.2, 0.25) is 0 Å². The summed E-state index contributed by atoms with van der Waals surface area (Å²) in [5.41, 5.74) is 3.71. The van der Waals surface area contributed by atoms with Gasteiger partial charge in [0.1, 0.15) is 11.5 Å². The first-order valence-corrected chi connectivity index (χ1v) is 10.6. The lowest BCUT2D eigenvalue weighted by Gasteiger charge is -2.09. The van der Waals surface area contributed by atoms with Gasteiger partial charge in [-0.15, -0.1) is 0 Å². The average Bonchev–Trinajstić information content (AvgIpc) is 2.79. The summed E-state index contributed by atoms with van der Waals surface area (Å²) in [6.07, 6.45) is 1.96. The minimum absolute atomic E-state index is 0.261. The largest absolute Gasteiger partial charge is 0.494 e. The highest BCUT2D eigenvalue weighted by atomic mass is 16.5. The summed E-state index contributed by atoms with van der Waals surface area (Å²) >= 11 is 0. The van der Waals surface area contributed by atoms with Crippen LogP contribution in [-0.2, 0) is 11.2 Å². The fraction of sp³-hybridized carbons (Fsp3) is 0.259. The lowest BCUT2D eigenvalue weighted by molar-refractivity contribution is -0.134. The van der Waals surface area contributed by atoms with Crippen LogP contribution in [0.4, 0.5) is 0 Å². The maximum Gasteiger partial charge on any atom is 0.311 e. The highest BCUT2D eigenvalue weighted by Gasteiger charge is 2.07. The van der Waals surface area contributed by atoms with Crippen molar-refractivity contribution in [1.82, 2.24) is 0 Å². The lowest BCUT2D eigenvalue weighted by atomic mass is 10.0. The van der Waals surface area contributed by atoms with Gasteiger partial charge < -0.3 is 9.47 Å². The number of benzene rings is 3. The molecule has 0 heterocycles. The summed E-state index contributed by atoms with van der Waals surface area (Å²) in [5.74, 6) is 1.74. The van der Waals surface area contributed by atoms with E-state index in [0.29, 0.717) is 36.7 Å². The van der Waals surface area contributed by atoms with E-state index in [9.17, 15) is 4.79 Å². The van der Waals surface area contributed by atoms with Crippen LogP contribution in [0.15, 0.2) is 72.8 Å². The van der Waals surface area contributed by atoms with Crippen LogP contribution in [-0.4, -0.2) is 12.6 Å². The Morgan fingerprint density at radius 2 is 1.45 bits per heavy atom. The third kappa shape index (κ3) is 7.01. The zero-order valence-corrected chi connectivity index (χ0v) is 18.0. The zero-order chi connectivity index (χ0) is 22.1. The van der Waals surface area contributed by atoms with Crippen LogP contribution in [0, 0.1) is 17.2 Å². The standard InChI is InChI=1S/C27H27NO3/c1-20(2)17-18-30-25-12-5-21(6-13-25)7-16-27(29)31-26-14-10-24(11-15-26)23-8-3-22(19-28)4-9-23/h3-6,8-15,20H,7,16-18H2,1-2H3. The number of hydrogen-bond acceptors (Lipinski definition) is 4. The van der Waals surface area contributed by atoms with Gasteiger partial charge in [-0.05, 0) is 71.8 Å². The zero-order valence-electron chi connectivity index (χ0n) is 18.0. The molecule has 31 heavy (non-hydrogen) atoms. The number of ether oxygens (including phenoxy) is 2. The Kier molecular flexibility index (Phi) is 7.84. The second-order valence-corrected chi connectivity index (χ2v) is 7.86. The van der Waals surface area contributed by atoms with Crippen molar-refractivity contribution in [2.45, 2.75) is 33.1 Å². The molecule has 0 aromatic heterocycles. The van der Waals surface area contributed by atoms with E-state index in [1.807, 2.05) is 48.5 Å². The number of nitriles is 1. The van der Waals surface area contributed by atoms with Crippen molar-refractivity contribution in [2.75, 3.05) is 6.61 Å². The molecule has 0 unspecified atom stereocenters. The highest BCUT2D eigenvalue weighted by Crippen LogP contribution is 2.23. The van der Waals surface area contributed by atoms with Gasteiger partial charge in [-0.25, -0.2) is 0 Å². The molecule has 158 valence electrons. The number of aryl methyl sites for hydroxylation is 1. The van der Waals surface area contributed by atoms with Gasteiger partial charge in [0.15, 0.2) is 0 Å². The van der Waals surface area contributed by atoms with E-state index in [1.54, 1.807) is 24.3 Å². The molecule has 0 amide bonds. The average molecular weight is 414 g/mol. The monoisotopic (exact) mass is 413 g/mol. The second-order valence-electron chi connectivity index (χ2n) is 7.86. The van der Waals surface area contributed by atoms with Crippen LogP contribution >= 0.6 is 0 Å². The first-order valence-electron chi connectivity index (χ1n) is 10.6. The molecular weight excluding hydrogens is 386 g/mol. The van der Waals surface area contributed by atoms with E-state index in [-0.39, 0.29) is 5.97 Å². The predicted octanol–water partition coefficient (Wildman–Crippen LogP) is 6.19. The fourth-order valence-corrected chi connectivity index (χ4v) is 3.05. The topological polar surface area (TPSA) is 59.3 Å². The van der Waals surface area contributed by atoms with E-state index in [0.717, 1.165) is 28.9 Å². The molecule has 3 aromatic carbocycles. The molecule has 0 bridgehead atoms. The van der Waals surface area contributed by atoms with Gasteiger partial charge >= 0.3 is 5.97 Å². The van der Waals surface area contributed by atoms with Gasteiger partial charge in [-0.2, -0.15) is 5.26 Å². The quantitative estimate of drug-likeness (QED) is 0.310. The number of carbonyl (C=O) groups is 1. The molecule has 0 radical (unpaired) electrons. The maximum atomic E-state index is 12.2. The van der Waals surface area contributed by atoms with Crippen molar-refractivity contribution in [1.29, 1.82) is 5.26 Å². The Morgan fingerprint density at radius 3 is 2.03 bits per heavy atom. The molecule has 0 saturated carbocycles. The summed E-state index contributed by atoms with van der Waals surface area (Å²) in [5, 5.41) is 8.89. The molecule has 0 spiro atoms. The molecule has 4 nitrogen and oxygen atoms in total. The van der Waals surface area contributed by atoms with Crippen molar-refractivity contribution in [2.24, 2.45) is 5.92 Å². The van der Waals surface area contributed by atoms with Crippen LogP contribution in [0.25, 0.3) is 11.1 Å². The van der Waals surface area contributed by atoms with Crippen LogP contribution < -0.4 is 9.47 Å². The van der Waals surface area contributed by atoms with E-state index >= 15 is 0 Å². The van der Waals surface area contributed by atoms with Gasteiger partial charge in [0.25, 0.3) is 0 Å². The Balaban J connectivity index is 1.46. The summed E-state index contributed by atoms with van der Waals surface area (Å²) < 4.78 is 11.2. The third-order valence-corrected chi connectivity index (χ3v) is 4.94. The molecule has 4 heteroatoms. The summed E-state index contributed by atoms with van der Waals surface area (Å²) in [6, 6.07) is 24.7. The van der Waals surface area contributed by atoms with Crippen molar-refractivity contribution < 1.29 is 14.3 Å². The van der Waals surface area contributed by atoms with Gasteiger partial charge in [-0.3, -0.25) is 4.79 Å². The summed E-state index contributed by atoms with van der Waals surface area (Å²) in [6.45, 7) is 5.07. The molecule has 3 rings (SSSR count). The van der Waals surface area contributed by atoms with E-state index in [4.69, 9.17) is 14.7 Å². The predicted molar refractivity (Wildman–Crippen MR) is 122 cm³/mol. The van der Waals surface area contributed by atoms with Crippen molar-refractivity contribution in [3.8, 4) is 28.7 Å². The molecular formula is C27H27NO3. The molecule has 3 aromatic rings. The SMILES string of the molecule is CC(C)CCOc1ccc(CCC(=O)Oc2ccc(-c3ccc(C#N)cc3)cc2)cc1. The molecule has 0 N–H and O–H groups in total. The molecule has 0 aliphatic rings. The number of hydrogen-bond donors (Lipinski definition) is 0. The Bertz CT molecular complexity index is 1010. The van der Waals surface area contributed by atoms with Crippen LogP contribution in [0.1, 0.15) is 37.8 Å². The number of esters is 1. The molecule has 0 aliphatic carbocycles. The smallest absolute Gasteiger partial charge is 0.311 e. The molecule has 0 fully saturated rings. The number of carbonyl (C=O) groups excluding carboxylic acids is 1. The van der Waals surface area contributed by atoms with E-state index in [2.05, 4.69) is 19.9 Å². The first kappa shape index (κ1) is 22.1. The van der Waals surface area contributed by atoms with Crippen molar-refractivity contribution >= 4 is 5.97 Å². The maximum absolute atomic E-state index is 12.2.